The molecule has 34 heavy (non-hydrogen) atoms. The molecule has 2 fully saturated rings. The van der Waals surface area contributed by atoms with Crippen LogP contribution in [0.3, 0.4) is 0 Å². The van der Waals surface area contributed by atoms with Crippen molar-refractivity contribution in [2.24, 2.45) is 5.92 Å². The van der Waals surface area contributed by atoms with E-state index in [-0.39, 0.29) is 17.4 Å². The van der Waals surface area contributed by atoms with Gasteiger partial charge in [-0.05, 0) is 86.0 Å². The lowest BCUT2D eigenvalue weighted by atomic mass is 9.94. The lowest BCUT2D eigenvalue weighted by molar-refractivity contribution is 0.00318. The van der Waals surface area contributed by atoms with E-state index in [0.29, 0.717) is 53.9 Å². The van der Waals surface area contributed by atoms with Crippen molar-refractivity contribution < 1.29 is 27.4 Å². The highest BCUT2D eigenvalue weighted by Gasteiger charge is 2.34. The quantitative estimate of drug-likeness (QED) is 0.358. The Morgan fingerprint density at radius 3 is 2.26 bits per heavy atom. The van der Waals surface area contributed by atoms with E-state index in [1.54, 1.807) is 4.90 Å². The van der Waals surface area contributed by atoms with Gasteiger partial charge in [-0.2, -0.15) is 0 Å². The molecule has 2 aromatic rings. The number of hydrogen-bond acceptors (Lipinski definition) is 4. The summed E-state index contributed by atoms with van der Waals surface area (Å²) in [5.41, 5.74) is 1.12. The molecule has 0 N–H and O–H groups in total. The van der Waals surface area contributed by atoms with Crippen LogP contribution in [0.15, 0.2) is 30.3 Å². The van der Waals surface area contributed by atoms with Crippen LogP contribution < -0.4 is 4.74 Å². The molecular formula is C25H26Cl2F3NO3. The Morgan fingerprint density at radius 1 is 1.06 bits per heavy atom. The zero-order valence-electron chi connectivity index (χ0n) is 18.7. The molecular weight excluding hydrogens is 490 g/mol. The number of likely N-dealkylation sites (tertiary alicyclic amines) is 1. The van der Waals surface area contributed by atoms with E-state index in [9.17, 15) is 18.0 Å². The molecule has 2 aromatic carbocycles. The van der Waals surface area contributed by atoms with E-state index in [0.717, 1.165) is 18.4 Å². The van der Waals surface area contributed by atoms with Gasteiger partial charge in [0.25, 0.3) is 6.43 Å². The number of benzene rings is 2. The molecule has 1 atom stereocenters. The zero-order valence-corrected chi connectivity index (χ0v) is 20.2. The molecule has 2 aliphatic rings. The molecule has 1 saturated heterocycles. The normalized spacial score (nSPS) is 18.2. The first kappa shape index (κ1) is 25.1. The summed E-state index contributed by atoms with van der Waals surface area (Å²) in [5, 5.41) is 0.654. The van der Waals surface area contributed by atoms with Gasteiger partial charge in [0.1, 0.15) is 11.6 Å². The minimum Gasteiger partial charge on any atom is -0.493 e. The van der Waals surface area contributed by atoms with Crippen LogP contribution in [0.1, 0.15) is 59.1 Å². The summed E-state index contributed by atoms with van der Waals surface area (Å²) in [6.45, 7) is 1.30. The Bertz CT molecular complexity index is 1020. The second kappa shape index (κ2) is 10.8. The average molecular weight is 516 g/mol. The molecule has 0 bridgehead atoms. The van der Waals surface area contributed by atoms with Crippen molar-refractivity contribution in [3.05, 3.63) is 62.9 Å². The molecule has 184 valence electrons. The minimum atomic E-state index is -2.58. The van der Waals surface area contributed by atoms with E-state index < -0.39 is 24.3 Å². The summed E-state index contributed by atoms with van der Waals surface area (Å²) in [7, 11) is 1.22. The van der Waals surface area contributed by atoms with Gasteiger partial charge in [0.2, 0.25) is 0 Å². The summed E-state index contributed by atoms with van der Waals surface area (Å²) >= 11 is 12.1. The van der Waals surface area contributed by atoms with Crippen LogP contribution in [0.25, 0.3) is 0 Å². The first-order valence-corrected chi connectivity index (χ1v) is 12.0. The number of carbonyl (C=O) groups excluding carboxylic acids is 1. The van der Waals surface area contributed by atoms with E-state index in [1.807, 2.05) is 0 Å². The highest BCUT2D eigenvalue weighted by molar-refractivity contribution is 6.34. The minimum absolute atomic E-state index is 0.0933. The first-order valence-electron chi connectivity index (χ1n) is 11.3. The lowest BCUT2D eigenvalue weighted by Crippen LogP contribution is -2.40. The number of esters is 1. The molecule has 0 radical (unpaired) electrons. The molecule has 4 rings (SSSR count). The van der Waals surface area contributed by atoms with Crippen LogP contribution in [-0.4, -0.2) is 44.1 Å². The van der Waals surface area contributed by atoms with E-state index in [2.05, 4.69) is 4.74 Å². The molecule has 4 nitrogen and oxygen atoms in total. The fraction of sp³-hybridized carbons (Fsp3) is 0.480. The van der Waals surface area contributed by atoms with Gasteiger partial charge in [0, 0.05) is 16.1 Å². The van der Waals surface area contributed by atoms with Gasteiger partial charge in [0.05, 0.1) is 25.3 Å². The van der Waals surface area contributed by atoms with Crippen molar-refractivity contribution in [3.8, 4) is 5.75 Å². The van der Waals surface area contributed by atoms with Gasteiger partial charge in [-0.15, -0.1) is 0 Å². The summed E-state index contributed by atoms with van der Waals surface area (Å²) < 4.78 is 53.0. The van der Waals surface area contributed by atoms with Crippen molar-refractivity contribution in [2.75, 3.05) is 26.8 Å². The van der Waals surface area contributed by atoms with Crippen LogP contribution in [0.5, 0.6) is 5.75 Å². The number of carbonyl (C=O) groups is 1. The maximum atomic E-state index is 14.5. The van der Waals surface area contributed by atoms with Gasteiger partial charge >= 0.3 is 5.97 Å². The SMILES string of the molecule is COC(=O)c1cc(C2CC2)c(OCC2CCN(C(c3cc(Cl)cc(Cl)c3)C(F)F)CC2)cc1F. The Kier molecular flexibility index (Phi) is 7.95. The first-order chi connectivity index (χ1) is 16.3. The topological polar surface area (TPSA) is 38.8 Å². The molecule has 9 heteroatoms. The van der Waals surface area contributed by atoms with Crippen LogP contribution in [0.2, 0.25) is 10.0 Å². The molecule has 0 spiro atoms. The van der Waals surface area contributed by atoms with E-state index >= 15 is 0 Å². The molecule has 1 unspecified atom stereocenters. The number of rotatable bonds is 8. The number of alkyl halides is 2. The molecule has 1 heterocycles. The van der Waals surface area contributed by atoms with Crippen LogP contribution in [-0.2, 0) is 4.74 Å². The third kappa shape index (κ3) is 5.81. The van der Waals surface area contributed by atoms with Crippen LogP contribution >= 0.6 is 23.2 Å². The van der Waals surface area contributed by atoms with Gasteiger partial charge < -0.3 is 9.47 Å². The molecule has 0 aromatic heterocycles. The molecule has 1 saturated carbocycles. The number of nitrogens with zero attached hydrogens (tertiary/aromatic N) is 1. The Balaban J connectivity index is 1.40. The van der Waals surface area contributed by atoms with Crippen molar-refractivity contribution >= 4 is 29.2 Å². The second-order valence-electron chi connectivity index (χ2n) is 8.91. The molecule has 1 aliphatic carbocycles. The predicted molar refractivity (Wildman–Crippen MR) is 125 cm³/mol. The van der Waals surface area contributed by atoms with Crippen molar-refractivity contribution in [1.29, 1.82) is 0 Å². The monoisotopic (exact) mass is 515 g/mol. The Morgan fingerprint density at radius 2 is 1.71 bits per heavy atom. The van der Waals surface area contributed by atoms with Gasteiger partial charge in [-0.1, -0.05) is 23.2 Å². The van der Waals surface area contributed by atoms with Gasteiger partial charge in [-0.25, -0.2) is 18.0 Å². The standard InChI is InChI=1S/C25H26Cl2F3NO3/c1-33-25(32)20-11-19(15-2-3-15)22(12-21(20)28)34-13-14-4-6-31(7-5-14)23(24(29)30)16-8-17(26)10-18(27)9-16/h8-12,14-15,23-24H,2-7,13H2,1H3. The van der Waals surface area contributed by atoms with Crippen molar-refractivity contribution in [3.63, 3.8) is 0 Å². The maximum Gasteiger partial charge on any atom is 0.340 e. The largest absolute Gasteiger partial charge is 0.493 e. The number of piperidine rings is 1. The lowest BCUT2D eigenvalue weighted by Gasteiger charge is -2.37. The zero-order chi connectivity index (χ0) is 24.4. The summed E-state index contributed by atoms with van der Waals surface area (Å²) in [6, 6.07) is 6.29. The number of hydrogen-bond donors (Lipinski definition) is 0. The highest BCUT2D eigenvalue weighted by Crippen LogP contribution is 2.45. The molecule has 1 aliphatic heterocycles. The smallest absolute Gasteiger partial charge is 0.340 e. The van der Waals surface area contributed by atoms with Crippen LogP contribution in [0, 0.1) is 11.7 Å². The van der Waals surface area contributed by atoms with Gasteiger partial charge in [-0.3, -0.25) is 4.90 Å². The summed E-state index contributed by atoms with van der Waals surface area (Å²) in [4.78, 5) is 13.6. The van der Waals surface area contributed by atoms with Crippen LogP contribution in [0.4, 0.5) is 13.2 Å². The Labute approximate surface area is 206 Å². The third-order valence-corrected chi connectivity index (χ3v) is 6.94. The number of ether oxygens (including phenoxy) is 2. The number of halogens is 5. The number of methoxy groups -OCH3 is 1. The fourth-order valence-electron chi connectivity index (χ4n) is 4.54. The molecule has 0 amide bonds. The highest BCUT2D eigenvalue weighted by atomic mass is 35.5. The average Bonchev–Trinajstić information content (AvgIpc) is 3.62. The van der Waals surface area contributed by atoms with Crippen molar-refractivity contribution in [1.82, 2.24) is 4.90 Å². The van der Waals surface area contributed by atoms with E-state index in [1.165, 1.54) is 37.4 Å². The fourth-order valence-corrected chi connectivity index (χ4v) is 5.09. The summed E-state index contributed by atoms with van der Waals surface area (Å²) in [6.07, 6.45) is 0.671. The maximum absolute atomic E-state index is 14.5. The van der Waals surface area contributed by atoms with Crippen molar-refractivity contribution in [2.45, 2.75) is 44.1 Å². The third-order valence-electron chi connectivity index (χ3n) is 6.50. The second-order valence-corrected chi connectivity index (χ2v) is 9.78. The predicted octanol–water partition coefficient (Wildman–Crippen LogP) is 6.89. The van der Waals surface area contributed by atoms with E-state index in [4.69, 9.17) is 27.9 Å². The summed E-state index contributed by atoms with van der Waals surface area (Å²) in [5.74, 6) is -0.562. The van der Waals surface area contributed by atoms with Gasteiger partial charge in [0.15, 0.2) is 0 Å². The Hall–Kier alpha value is -1.96.